The molecule has 3 rings (SSSR count). The minimum atomic E-state index is -0.0727. The van der Waals surface area contributed by atoms with Crippen LogP contribution in [-0.4, -0.2) is 27.4 Å². The zero-order valence-electron chi connectivity index (χ0n) is 11.9. The normalized spacial score (nSPS) is 11.0. The second-order valence-corrected chi connectivity index (χ2v) is 6.18. The van der Waals surface area contributed by atoms with Gasteiger partial charge in [-0.3, -0.25) is 4.79 Å². The van der Waals surface area contributed by atoms with Crippen molar-refractivity contribution in [1.82, 2.24) is 20.3 Å². The number of thiazole rings is 1. The number of hydrogen-bond donors (Lipinski definition) is 2. The van der Waals surface area contributed by atoms with E-state index in [-0.39, 0.29) is 5.91 Å². The topological polar surface area (TPSA) is 70.7 Å². The summed E-state index contributed by atoms with van der Waals surface area (Å²) >= 11 is 1.69. The minimum Gasteiger partial charge on any atom is -0.352 e. The van der Waals surface area contributed by atoms with E-state index in [1.54, 1.807) is 23.7 Å². The van der Waals surface area contributed by atoms with Gasteiger partial charge in [-0.15, -0.1) is 11.3 Å². The minimum absolute atomic E-state index is 0.0727. The van der Waals surface area contributed by atoms with E-state index < -0.39 is 0 Å². The Balaban J connectivity index is 1.60. The number of H-pyrrole nitrogens is 1. The van der Waals surface area contributed by atoms with Gasteiger partial charge in [0.05, 0.1) is 28.1 Å². The van der Waals surface area contributed by atoms with Crippen molar-refractivity contribution in [2.75, 3.05) is 6.54 Å². The van der Waals surface area contributed by atoms with Crippen LogP contribution < -0.4 is 5.32 Å². The number of hydrogen-bond acceptors (Lipinski definition) is 4. The lowest BCUT2D eigenvalue weighted by molar-refractivity contribution is 0.0954. The maximum atomic E-state index is 12.1. The smallest absolute Gasteiger partial charge is 0.251 e. The van der Waals surface area contributed by atoms with E-state index in [1.807, 2.05) is 19.1 Å². The zero-order valence-corrected chi connectivity index (χ0v) is 12.8. The predicted octanol–water partition coefficient (Wildman–Crippen LogP) is 2.61. The summed E-state index contributed by atoms with van der Waals surface area (Å²) in [5.41, 5.74) is 3.44. The van der Waals surface area contributed by atoms with Crippen molar-refractivity contribution in [3.05, 3.63) is 45.7 Å². The summed E-state index contributed by atoms with van der Waals surface area (Å²) in [5.74, 6) is -0.0727. The average Bonchev–Trinajstić information content (AvgIpc) is 3.05. The quantitative estimate of drug-likeness (QED) is 0.778. The van der Waals surface area contributed by atoms with Crippen LogP contribution in [0.4, 0.5) is 0 Å². The second-order valence-electron chi connectivity index (χ2n) is 4.89. The van der Waals surface area contributed by atoms with Crippen LogP contribution in [0.3, 0.4) is 0 Å². The molecule has 0 aliphatic rings. The molecule has 0 spiro atoms. The Morgan fingerprint density at radius 3 is 3.00 bits per heavy atom. The lowest BCUT2D eigenvalue weighted by Crippen LogP contribution is -2.25. The average molecular weight is 300 g/mol. The lowest BCUT2D eigenvalue weighted by atomic mass is 10.2. The van der Waals surface area contributed by atoms with Crippen molar-refractivity contribution in [2.45, 2.75) is 20.3 Å². The molecule has 0 radical (unpaired) electrons. The summed E-state index contributed by atoms with van der Waals surface area (Å²) in [6, 6.07) is 5.44. The van der Waals surface area contributed by atoms with Gasteiger partial charge in [0.1, 0.15) is 0 Å². The molecule has 6 heteroatoms. The van der Waals surface area contributed by atoms with Gasteiger partial charge in [-0.2, -0.15) is 0 Å². The van der Waals surface area contributed by atoms with Crippen LogP contribution in [0.25, 0.3) is 11.0 Å². The molecule has 0 saturated carbocycles. The number of nitrogens with one attached hydrogen (secondary N) is 2. The first kappa shape index (κ1) is 13.8. The van der Waals surface area contributed by atoms with Gasteiger partial charge in [-0.1, -0.05) is 0 Å². The first-order valence-corrected chi connectivity index (χ1v) is 7.59. The van der Waals surface area contributed by atoms with Gasteiger partial charge >= 0.3 is 0 Å². The number of amides is 1. The van der Waals surface area contributed by atoms with E-state index in [1.165, 1.54) is 4.88 Å². The summed E-state index contributed by atoms with van der Waals surface area (Å²) in [6.07, 6.45) is 2.39. The monoisotopic (exact) mass is 300 g/mol. The highest BCUT2D eigenvalue weighted by Gasteiger charge is 2.08. The number of benzene rings is 1. The standard InChI is InChI=1S/C15H16N4OS/c1-9-10(2)21-14(19-9)5-6-16-15(20)11-3-4-12-13(7-11)18-8-17-12/h3-4,7-8H,5-6H2,1-2H3,(H,16,20)(H,17,18). The molecule has 2 heterocycles. The Morgan fingerprint density at radius 1 is 1.38 bits per heavy atom. The van der Waals surface area contributed by atoms with Crippen molar-refractivity contribution in [1.29, 1.82) is 0 Å². The van der Waals surface area contributed by atoms with Crippen LogP contribution >= 0.6 is 11.3 Å². The highest BCUT2D eigenvalue weighted by atomic mass is 32.1. The fourth-order valence-corrected chi connectivity index (χ4v) is 3.04. The van der Waals surface area contributed by atoms with Gasteiger partial charge in [0, 0.05) is 23.4 Å². The summed E-state index contributed by atoms with van der Waals surface area (Å²) in [6.45, 7) is 4.66. The molecular formula is C15H16N4OS. The third-order valence-corrected chi connectivity index (χ3v) is 4.51. The van der Waals surface area contributed by atoms with Gasteiger partial charge in [0.15, 0.2) is 0 Å². The van der Waals surface area contributed by atoms with E-state index in [9.17, 15) is 4.79 Å². The number of imidazole rings is 1. The summed E-state index contributed by atoms with van der Waals surface area (Å²) in [5, 5.41) is 3.99. The second kappa shape index (κ2) is 5.65. The molecule has 3 aromatic rings. The number of nitrogens with zero attached hydrogens (tertiary/aromatic N) is 2. The van der Waals surface area contributed by atoms with E-state index in [2.05, 4.69) is 27.2 Å². The van der Waals surface area contributed by atoms with E-state index in [0.717, 1.165) is 28.2 Å². The first-order chi connectivity index (χ1) is 10.1. The van der Waals surface area contributed by atoms with E-state index in [4.69, 9.17) is 0 Å². The molecule has 21 heavy (non-hydrogen) atoms. The van der Waals surface area contributed by atoms with Gasteiger partial charge < -0.3 is 10.3 Å². The molecule has 1 amide bonds. The van der Waals surface area contributed by atoms with Crippen molar-refractivity contribution >= 4 is 28.3 Å². The number of fused-ring (bicyclic) bond motifs is 1. The van der Waals surface area contributed by atoms with Gasteiger partial charge in [0.25, 0.3) is 5.91 Å². The molecule has 0 atom stereocenters. The zero-order chi connectivity index (χ0) is 14.8. The van der Waals surface area contributed by atoms with Crippen LogP contribution in [0.15, 0.2) is 24.5 Å². The molecule has 2 aromatic heterocycles. The molecule has 2 N–H and O–H groups in total. The van der Waals surface area contributed by atoms with Crippen LogP contribution in [0.5, 0.6) is 0 Å². The number of carbonyl (C=O) groups is 1. The largest absolute Gasteiger partial charge is 0.352 e. The van der Waals surface area contributed by atoms with Crippen molar-refractivity contribution in [3.8, 4) is 0 Å². The Bertz CT molecular complexity index is 770. The van der Waals surface area contributed by atoms with Crippen molar-refractivity contribution in [2.24, 2.45) is 0 Å². The maximum Gasteiger partial charge on any atom is 0.251 e. The third-order valence-electron chi connectivity index (χ3n) is 3.38. The molecule has 5 nitrogen and oxygen atoms in total. The molecule has 0 aliphatic carbocycles. The molecule has 0 unspecified atom stereocenters. The van der Waals surface area contributed by atoms with Crippen LogP contribution in [0, 0.1) is 13.8 Å². The number of rotatable bonds is 4. The molecule has 0 bridgehead atoms. The molecule has 1 aromatic carbocycles. The predicted molar refractivity (Wildman–Crippen MR) is 83.7 cm³/mol. The Hall–Kier alpha value is -2.21. The summed E-state index contributed by atoms with van der Waals surface area (Å²) < 4.78 is 0. The van der Waals surface area contributed by atoms with Crippen LogP contribution in [-0.2, 0) is 6.42 Å². The molecule has 108 valence electrons. The Labute approximate surface area is 126 Å². The Morgan fingerprint density at radius 2 is 2.24 bits per heavy atom. The number of aryl methyl sites for hydroxylation is 2. The Kier molecular flexibility index (Phi) is 3.70. The highest BCUT2D eigenvalue weighted by molar-refractivity contribution is 7.11. The fraction of sp³-hybridized carbons (Fsp3) is 0.267. The summed E-state index contributed by atoms with van der Waals surface area (Å²) in [7, 11) is 0. The molecular weight excluding hydrogens is 284 g/mol. The number of aromatic amines is 1. The SMILES string of the molecule is Cc1nc(CCNC(=O)c2ccc3nc[nH]c3c2)sc1C. The van der Waals surface area contributed by atoms with Gasteiger partial charge in [-0.05, 0) is 32.0 Å². The number of aromatic nitrogens is 3. The lowest BCUT2D eigenvalue weighted by Gasteiger charge is -2.04. The highest BCUT2D eigenvalue weighted by Crippen LogP contribution is 2.16. The van der Waals surface area contributed by atoms with Gasteiger partial charge in [0.2, 0.25) is 0 Å². The molecule has 0 aliphatic heterocycles. The van der Waals surface area contributed by atoms with Crippen molar-refractivity contribution in [3.63, 3.8) is 0 Å². The van der Waals surface area contributed by atoms with E-state index >= 15 is 0 Å². The van der Waals surface area contributed by atoms with E-state index in [0.29, 0.717) is 12.1 Å². The molecule has 0 fully saturated rings. The maximum absolute atomic E-state index is 12.1. The van der Waals surface area contributed by atoms with Gasteiger partial charge in [-0.25, -0.2) is 9.97 Å². The fourth-order valence-electron chi connectivity index (χ4n) is 2.11. The van der Waals surface area contributed by atoms with Crippen molar-refractivity contribution < 1.29 is 4.79 Å². The molecule has 0 saturated heterocycles. The first-order valence-electron chi connectivity index (χ1n) is 6.78. The van der Waals surface area contributed by atoms with Crippen LogP contribution in [0.2, 0.25) is 0 Å². The number of carbonyl (C=O) groups excluding carboxylic acids is 1. The third kappa shape index (κ3) is 2.95. The summed E-state index contributed by atoms with van der Waals surface area (Å²) in [4.78, 5) is 25.0. The van der Waals surface area contributed by atoms with Crippen LogP contribution in [0.1, 0.15) is 25.9 Å².